The van der Waals surface area contributed by atoms with Gasteiger partial charge in [0.05, 0.1) is 0 Å². The van der Waals surface area contributed by atoms with Crippen LogP contribution in [-0.2, 0) is 4.79 Å². The third-order valence-corrected chi connectivity index (χ3v) is 0.875. The zero-order chi connectivity index (χ0) is 7.11. The van der Waals surface area contributed by atoms with Gasteiger partial charge >= 0.3 is 6.41 Å². The van der Waals surface area contributed by atoms with Gasteiger partial charge in [0.15, 0.2) is 0 Å². The van der Waals surface area contributed by atoms with Crippen molar-refractivity contribution in [1.29, 1.82) is 0 Å². The summed E-state index contributed by atoms with van der Waals surface area (Å²) >= 11 is 0. The topological polar surface area (TPSA) is 41.1 Å². The first-order valence-corrected chi connectivity index (χ1v) is 3.10. The Kier molecular flexibility index (Phi) is 5.21. The zero-order valence-electron chi connectivity index (χ0n) is 5.90. The van der Waals surface area contributed by atoms with Crippen molar-refractivity contribution in [3.63, 3.8) is 0 Å². The van der Waals surface area contributed by atoms with Crippen LogP contribution in [0.2, 0.25) is 0 Å². The molecule has 0 atom stereocenters. The molecule has 3 nitrogen and oxygen atoms in total. The van der Waals surface area contributed by atoms with Gasteiger partial charge < -0.3 is 10.6 Å². The van der Waals surface area contributed by atoms with E-state index in [0.717, 1.165) is 6.54 Å². The van der Waals surface area contributed by atoms with E-state index in [1.807, 2.05) is 0 Å². The summed E-state index contributed by atoms with van der Waals surface area (Å²) in [5, 5.41) is 5.57. The fraction of sp³-hybridized carbons (Fsp3) is 0.833. The van der Waals surface area contributed by atoms with Crippen LogP contribution in [0.4, 0.5) is 0 Å². The first-order valence-electron chi connectivity index (χ1n) is 3.10. The van der Waals surface area contributed by atoms with Gasteiger partial charge in [-0.2, -0.15) is 0 Å². The third-order valence-electron chi connectivity index (χ3n) is 0.875. The number of carbonyl (C=O) groups excluding carboxylic acids is 1. The van der Waals surface area contributed by atoms with Gasteiger partial charge in [0.25, 0.3) is 0 Å². The molecule has 0 aromatic rings. The molecule has 0 heterocycles. The van der Waals surface area contributed by atoms with Gasteiger partial charge in [0, 0.05) is 19.1 Å². The molecule has 0 fully saturated rings. The smallest absolute Gasteiger partial charge is 0.309 e. The van der Waals surface area contributed by atoms with E-state index in [1.54, 1.807) is 6.41 Å². The highest BCUT2D eigenvalue weighted by Gasteiger charge is 1.88. The Morgan fingerprint density at radius 2 is 2.11 bits per heavy atom. The van der Waals surface area contributed by atoms with Crippen LogP contribution in [0.15, 0.2) is 0 Å². The van der Waals surface area contributed by atoms with Crippen LogP contribution in [-0.4, -0.2) is 25.5 Å². The van der Waals surface area contributed by atoms with Crippen LogP contribution in [0, 0.1) is 0 Å². The Morgan fingerprint density at radius 1 is 1.44 bits per heavy atom. The van der Waals surface area contributed by atoms with Crippen LogP contribution in [0.3, 0.4) is 0 Å². The molecule has 0 aliphatic heterocycles. The Labute approximate surface area is 55.8 Å². The fourth-order valence-corrected chi connectivity index (χ4v) is 0.474. The number of amides is 1. The summed E-state index contributed by atoms with van der Waals surface area (Å²) in [6.45, 7) is 5.59. The van der Waals surface area contributed by atoms with Crippen molar-refractivity contribution in [2.24, 2.45) is 0 Å². The van der Waals surface area contributed by atoms with E-state index in [2.05, 4.69) is 24.5 Å². The Bertz CT molecular complexity index is 73.5. The van der Waals surface area contributed by atoms with E-state index < -0.39 is 0 Å². The highest BCUT2D eigenvalue weighted by Crippen LogP contribution is 1.71. The summed E-state index contributed by atoms with van der Waals surface area (Å²) < 4.78 is 0. The Morgan fingerprint density at radius 3 is 2.56 bits per heavy atom. The molecule has 2 N–H and O–H groups in total. The van der Waals surface area contributed by atoms with Crippen molar-refractivity contribution < 1.29 is 4.79 Å². The molecule has 53 valence electrons. The first-order chi connectivity index (χ1) is 4.27. The summed E-state index contributed by atoms with van der Waals surface area (Å²) in [7, 11) is 0. The predicted octanol–water partition coefficient (Wildman–Crippen LogP) is -0.359. The van der Waals surface area contributed by atoms with Crippen LogP contribution in [0.5, 0.6) is 0 Å². The van der Waals surface area contributed by atoms with Crippen molar-refractivity contribution in [3.8, 4) is 0 Å². The van der Waals surface area contributed by atoms with Gasteiger partial charge in [-0.1, -0.05) is 13.8 Å². The molecular formula is C6H13N2O. The maximum atomic E-state index is 9.59. The van der Waals surface area contributed by atoms with Gasteiger partial charge in [-0.3, -0.25) is 4.79 Å². The predicted molar refractivity (Wildman–Crippen MR) is 36.8 cm³/mol. The van der Waals surface area contributed by atoms with Crippen molar-refractivity contribution in [1.82, 2.24) is 10.6 Å². The zero-order valence-corrected chi connectivity index (χ0v) is 5.90. The Hall–Kier alpha value is -0.570. The van der Waals surface area contributed by atoms with Crippen molar-refractivity contribution >= 4 is 6.41 Å². The molecular weight excluding hydrogens is 116 g/mol. The van der Waals surface area contributed by atoms with E-state index in [9.17, 15) is 4.79 Å². The second-order valence-corrected chi connectivity index (χ2v) is 2.14. The summed E-state index contributed by atoms with van der Waals surface area (Å²) in [6, 6.07) is 0.485. The first kappa shape index (κ1) is 8.43. The molecule has 0 aliphatic carbocycles. The molecule has 0 rings (SSSR count). The normalized spacial score (nSPS) is 9.67. The largest absolute Gasteiger partial charge is 0.347 e. The highest BCUT2D eigenvalue weighted by atomic mass is 16.1. The molecule has 0 bridgehead atoms. The van der Waals surface area contributed by atoms with Crippen LogP contribution >= 0.6 is 0 Å². The molecule has 0 aromatic carbocycles. The molecule has 0 aromatic heterocycles. The maximum Gasteiger partial charge on any atom is 0.309 e. The quantitative estimate of drug-likeness (QED) is 0.393. The van der Waals surface area contributed by atoms with Gasteiger partial charge in [-0.15, -0.1) is 0 Å². The van der Waals surface area contributed by atoms with Gasteiger partial charge in [-0.25, -0.2) is 0 Å². The minimum atomic E-state index is 0.485. The second-order valence-electron chi connectivity index (χ2n) is 2.14. The van der Waals surface area contributed by atoms with Crippen molar-refractivity contribution in [2.75, 3.05) is 13.1 Å². The summed E-state index contributed by atoms with van der Waals surface area (Å²) in [6.07, 6.45) is 1.60. The van der Waals surface area contributed by atoms with Crippen LogP contribution in [0.25, 0.3) is 0 Å². The molecule has 0 saturated heterocycles. The van der Waals surface area contributed by atoms with E-state index in [0.29, 0.717) is 12.6 Å². The maximum absolute atomic E-state index is 9.59. The standard InChI is InChI=1S/C6H13N2O/c1-6(2)8-4-3-7-5-9/h6,8H,3-4H2,1-2H3,(H,7,9). The third kappa shape index (κ3) is 7.43. The molecule has 0 unspecified atom stereocenters. The lowest BCUT2D eigenvalue weighted by molar-refractivity contribution is 0.532. The minimum Gasteiger partial charge on any atom is -0.347 e. The Balaban J connectivity index is 2.82. The number of hydrogen-bond donors (Lipinski definition) is 2. The molecule has 3 heteroatoms. The number of hydrogen-bond acceptors (Lipinski definition) is 2. The van der Waals surface area contributed by atoms with E-state index >= 15 is 0 Å². The monoisotopic (exact) mass is 129 g/mol. The highest BCUT2D eigenvalue weighted by molar-refractivity contribution is 5.46. The van der Waals surface area contributed by atoms with Crippen molar-refractivity contribution in [3.05, 3.63) is 0 Å². The van der Waals surface area contributed by atoms with Gasteiger partial charge in [-0.05, 0) is 0 Å². The number of rotatable bonds is 5. The molecule has 0 saturated carbocycles. The van der Waals surface area contributed by atoms with Crippen LogP contribution in [0.1, 0.15) is 13.8 Å². The van der Waals surface area contributed by atoms with Crippen LogP contribution < -0.4 is 10.6 Å². The lowest BCUT2D eigenvalue weighted by Crippen LogP contribution is -2.30. The molecule has 0 spiro atoms. The summed E-state index contributed by atoms with van der Waals surface area (Å²) in [5.41, 5.74) is 0. The van der Waals surface area contributed by atoms with E-state index in [4.69, 9.17) is 0 Å². The van der Waals surface area contributed by atoms with Crippen molar-refractivity contribution in [2.45, 2.75) is 19.9 Å². The second kappa shape index (κ2) is 5.56. The lowest BCUT2D eigenvalue weighted by atomic mass is 10.4. The van der Waals surface area contributed by atoms with E-state index in [1.165, 1.54) is 0 Å². The lowest BCUT2D eigenvalue weighted by Gasteiger charge is -2.05. The fourth-order valence-electron chi connectivity index (χ4n) is 0.474. The SMILES string of the molecule is CC(C)NCCN[C]=O. The van der Waals surface area contributed by atoms with Gasteiger partial charge in [0.1, 0.15) is 0 Å². The van der Waals surface area contributed by atoms with E-state index in [-0.39, 0.29) is 0 Å². The summed E-state index contributed by atoms with van der Waals surface area (Å²) in [5.74, 6) is 0. The molecule has 1 radical (unpaired) electrons. The van der Waals surface area contributed by atoms with Gasteiger partial charge in [0.2, 0.25) is 0 Å². The average molecular weight is 129 g/mol. The average Bonchev–Trinajstić information content (AvgIpc) is 1.80. The molecule has 1 amide bonds. The molecule has 0 aliphatic rings. The molecule has 9 heavy (non-hydrogen) atoms. The minimum absolute atomic E-state index is 0.485. The number of nitrogens with one attached hydrogen (secondary N) is 2. The summed E-state index contributed by atoms with van der Waals surface area (Å²) in [4.78, 5) is 9.59.